The van der Waals surface area contributed by atoms with Gasteiger partial charge < -0.3 is 19.5 Å². The van der Waals surface area contributed by atoms with Crippen molar-refractivity contribution in [3.63, 3.8) is 0 Å². The van der Waals surface area contributed by atoms with Crippen LogP contribution in [0.3, 0.4) is 0 Å². The zero-order valence-electron chi connectivity index (χ0n) is 11.9. The van der Waals surface area contributed by atoms with Crippen LogP contribution in [-0.2, 0) is 16.1 Å². The molecule has 5 heteroatoms. The highest BCUT2D eigenvalue weighted by Crippen LogP contribution is 2.23. The lowest BCUT2D eigenvalue weighted by atomic mass is 10.2. The molecule has 0 unspecified atom stereocenters. The molecule has 1 aromatic rings. The normalized spacial score (nSPS) is 10.4. The highest BCUT2D eigenvalue weighted by molar-refractivity contribution is 5.77. The third-order valence-electron chi connectivity index (χ3n) is 2.51. The molecule has 0 radical (unpaired) electrons. The minimum Gasteiger partial charge on any atom is -0.497 e. The first kappa shape index (κ1) is 15.3. The largest absolute Gasteiger partial charge is 0.497 e. The van der Waals surface area contributed by atoms with Crippen LogP contribution in [0, 0.1) is 0 Å². The predicted octanol–water partition coefficient (Wildman–Crippen LogP) is 1.74. The maximum Gasteiger partial charge on any atom is 0.246 e. The van der Waals surface area contributed by atoms with E-state index in [1.165, 1.54) is 0 Å². The molecule has 0 saturated heterocycles. The summed E-state index contributed by atoms with van der Waals surface area (Å²) in [7, 11) is 3.19. The molecule has 1 aromatic carbocycles. The molecule has 106 valence electrons. The van der Waals surface area contributed by atoms with Gasteiger partial charge in [0.05, 0.1) is 20.3 Å². The minimum absolute atomic E-state index is 0.0390. The van der Waals surface area contributed by atoms with E-state index >= 15 is 0 Å². The second kappa shape index (κ2) is 7.63. The van der Waals surface area contributed by atoms with Gasteiger partial charge in [0.1, 0.15) is 18.1 Å². The van der Waals surface area contributed by atoms with Crippen LogP contribution in [0.15, 0.2) is 18.2 Å². The molecule has 0 aliphatic heterocycles. The fourth-order valence-corrected chi connectivity index (χ4v) is 1.51. The molecule has 0 aromatic heterocycles. The van der Waals surface area contributed by atoms with Crippen molar-refractivity contribution >= 4 is 5.91 Å². The highest BCUT2D eigenvalue weighted by atomic mass is 16.5. The Morgan fingerprint density at radius 3 is 2.58 bits per heavy atom. The van der Waals surface area contributed by atoms with Gasteiger partial charge in [0.15, 0.2) is 0 Å². The molecule has 1 rings (SSSR count). The van der Waals surface area contributed by atoms with Gasteiger partial charge in [-0.1, -0.05) is 0 Å². The maximum atomic E-state index is 11.6. The molecule has 0 aliphatic rings. The molecule has 0 fully saturated rings. The van der Waals surface area contributed by atoms with E-state index in [1.807, 2.05) is 32.0 Å². The number of hydrogen-bond donors (Lipinski definition) is 1. The van der Waals surface area contributed by atoms with E-state index in [9.17, 15) is 4.79 Å². The first-order valence-corrected chi connectivity index (χ1v) is 6.16. The smallest absolute Gasteiger partial charge is 0.246 e. The Balaban J connectivity index is 2.58. The first-order chi connectivity index (χ1) is 9.06. The summed E-state index contributed by atoms with van der Waals surface area (Å²) in [4.78, 5) is 11.6. The Bertz CT molecular complexity index is 418. The Hall–Kier alpha value is -1.75. The molecule has 5 nitrogen and oxygen atoms in total. The molecule has 0 saturated carbocycles. The average molecular weight is 267 g/mol. The Labute approximate surface area is 113 Å². The van der Waals surface area contributed by atoms with Gasteiger partial charge >= 0.3 is 0 Å². The van der Waals surface area contributed by atoms with E-state index in [-0.39, 0.29) is 18.6 Å². The van der Waals surface area contributed by atoms with Gasteiger partial charge in [-0.25, -0.2) is 0 Å². The molecule has 0 atom stereocenters. The van der Waals surface area contributed by atoms with Crippen LogP contribution < -0.4 is 14.8 Å². The first-order valence-electron chi connectivity index (χ1n) is 6.16. The number of rotatable bonds is 7. The lowest BCUT2D eigenvalue weighted by Gasteiger charge is -2.12. The van der Waals surface area contributed by atoms with Crippen molar-refractivity contribution in [2.45, 2.75) is 26.5 Å². The van der Waals surface area contributed by atoms with Gasteiger partial charge in [-0.05, 0) is 32.0 Å². The standard InChI is InChI=1S/C14H21NO4/c1-10(2)19-9-14(16)15-8-11-7-12(17-3)5-6-13(11)18-4/h5-7,10H,8-9H2,1-4H3,(H,15,16). The quantitative estimate of drug-likeness (QED) is 0.817. The Kier molecular flexibility index (Phi) is 6.15. The number of amides is 1. The fraction of sp³-hybridized carbons (Fsp3) is 0.500. The van der Waals surface area contributed by atoms with Gasteiger partial charge in [-0.2, -0.15) is 0 Å². The number of ether oxygens (including phenoxy) is 3. The van der Waals surface area contributed by atoms with Gasteiger partial charge in [0.25, 0.3) is 0 Å². The summed E-state index contributed by atoms with van der Waals surface area (Å²) in [5.41, 5.74) is 0.861. The summed E-state index contributed by atoms with van der Waals surface area (Å²) >= 11 is 0. The van der Waals surface area contributed by atoms with E-state index < -0.39 is 0 Å². The Morgan fingerprint density at radius 2 is 2.00 bits per heavy atom. The summed E-state index contributed by atoms with van der Waals surface area (Å²) in [6.45, 7) is 4.21. The lowest BCUT2D eigenvalue weighted by Crippen LogP contribution is -2.28. The van der Waals surface area contributed by atoms with Crippen LogP contribution in [0.4, 0.5) is 0 Å². The van der Waals surface area contributed by atoms with Crippen molar-refractivity contribution in [3.05, 3.63) is 23.8 Å². The monoisotopic (exact) mass is 267 g/mol. The van der Waals surface area contributed by atoms with E-state index in [4.69, 9.17) is 14.2 Å². The topological polar surface area (TPSA) is 56.8 Å². The van der Waals surface area contributed by atoms with Crippen LogP contribution in [0.5, 0.6) is 11.5 Å². The molecule has 1 N–H and O–H groups in total. The third-order valence-corrected chi connectivity index (χ3v) is 2.51. The molecule has 1 amide bonds. The van der Waals surface area contributed by atoms with Crippen molar-refractivity contribution in [2.24, 2.45) is 0 Å². The summed E-state index contributed by atoms with van der Waals surface area (Å²) in [6.07, 6.45) is 0.0390. The summed E-state index contributed by atoms with van der Waals surface area (Å²) in [5.74, 6) is 1.29. The van der Waals surface area contributed by atoms with Gasteiger partial charge in [0.2, 0.25) is 5.91 Å². The number of carbonyl (C=O) groups excluding carboxylic acids is 1. The number of benzene rings is 1. The van der Waals surface area contributed by atoms with Gasteiger partial charge in [-0.3, -0.25) is 4.79 Å². The minimum atomic E-state index is -0.154. The zero-order valence-corrected chi connectivity index (χ0v) is 11.9. The third kappa shape index (κ3) is 5.18. The number of methoxy groups -OCH3 is 2. The summed E-state index contributed by atoms with van der Waals surface area (Å²) in [6, 6.07) is 5.46. The zero-order chi connectivity index (χ0) is 14.3. The van der Waals surface area contributed by atoms with Crippen LogP contribution in [-0.4, -0.2) is 32.8 Å². The van der Waals surface area contributed by atoms with E-state index in [1.54, 1.807) is 14.2 Å². The van der Waals surface area contributed by atoms with Gasteiger partial charge in [0, 0.05) is 12.1 Å². The van der Waals surface area contributed by atoms with E-state index in [2.05, 4.69) is 5.32 Å². The molecular formula is C14H21NO4. The molecular weight excluding hydrogens is 246 g/mol. The van der Waals surface area contributed by atoms with Crippen LogP contribution in [0.1, 0.15) is 19.4 Å². The maximum absolute atomic E-state index is 11.6. The van der Waals surface area contributed by atoms with E-state index in [0.717, 1.165) is 11.3 Å². The average Bonchev–Trinajstić information content (AvgIpc) is 2.42. The molecule has 19 heavy (non-hydrogen) atoms. The van der Waals surface area contributed by atoms with Crippen molar-refractivity contribution in [1.29, 1.82) is 0 Å². The van der Waals surface area contributed by atoms with Crippen LogP contribution in [0.2, 0.25) is 0 Å². The van der Waals surface area contributed by atoms with Crippen molar-refractivity contribution in [1.82, 2.24) is 5.32 Å². The number of carbonyl (C=O) groups is 1. The van der Waals surface area contributed by atoms with Crippen molar-refractivity contribution < 1.29 is 19.0 Å². The van der Waals surface area contributed by atoms with Crippen molar-refractivity contribution in [2.75, 3.05) is 20.8 Å². The second-order valence-electron chi connectivity index (χ2n) is 4.31. The molecule has 0 heterocycles. The summed E-state index contributed by atoms with van der Waals surface area (Å²) in [5, 5.41) is 2.78. The SMILES string of the molecule is COc1ccc(OC)c(CNC(=O)COC(C)C)c1. The van der Waals surface area contributed by atoms with Gasteiger partial charge in [-0.15, -0.1) is 0 Å². The number of nitrogens with one attached hydrogen (secondary N) is 1. The van der Waals surface area contributed by atoms with Crippen LogP contribution in [0.25, 0.3) is 0 Å². The fourth-order valence-electron chi connectivity index (χ4n) is 1.51. The molecule has 0 bridgehead atoms. The second-order valence-corrected chi connectivity index (χ2v) is 4.31. The predicted molar refractivity (Wildman–Crippen MR) is 72.5 cm³/mol. The lowest BCUT2D eigenvalue weighted by molar-refractivity contribution is -0.127. The molecule has 0 spiro atoms. The highest BCUT2D eigenvalue weighted by Gasteiger charge is 2.08. The van der Waals surface area contributed by atoms with Crippen molar-refractivity contribution in [3.8, 4) is 11.5 Å². The number of hydrogen-bond acceptors (Lipinski definition) is 4. The van der Waals surface area contributed by atoms with E-state index in [0.29, 0.717) is 12.3 Å². The summed E-state index contributed by atoms with van der Waals surface area (Å²) < 4.78 is 15.6. The Morgan fingerprint density at radius 1 is 1.26 bits per heavy atom. The van der Waals surface area contributed by atoms with Crippen LogP contribution >= 0.6 is 0 Å². The molecule has 0 aliphatic carbocycles.